The van der Waals surface area contributed by atoms with E-state index >= 15 is 0 Å². The van der Waals surface area contributed by atoms with Gasteiger partial charge in [-0.2, -0.15) is 13.2 Å². The lowest BCUT2D eigenvalue weighted by Crippen LogP contribution is -2.28. The molecule has 0 saturated heterocycles. The maximum absolute atomic E-state index is 12.8. The summed E-state index contributed by atoms with van der Waals surface area (Å²) in [6.07, 6.45) is -3.95. The summed E-state index contributed by atoms with van der Waals surface area (Å²) in [5.74, 6) is 0.137. The molecule has 0 amide bonds. The van der Waals surface area contributed by atoms with Crippen LogP contribution in [-0.2, 0) is 6.18 Å². The number of anilines is 1. The van der Waals surface area contributed by atoms with Crippen LogP contribution in [0.15, 0.2) is 24.3 Å². The molecule has 0 aromatic heterocycles. The molecule has 0 heterocycles. The lowest BCUT2D eigenvalue weighted by molar-refractivity contribution is -0.137. The number of hydrogen-bond donors (Lipinski definition) is 2. The summed E-state index contributed by atoms with van der Waals surface area (Å²) in [6, 6.07) is 5.21. The van der Waals surface area contributed by atoms with Gasteiger partial charge in [0.05, 0.1) is 5.56 Å². The van der Waals surface area contributed by atoms with Crippen molar-refractivity contribution in [3.8, 4) is 0 Å². The van der Waals surface area contributed by atoms with Gasteiger partial charge in [0.2, 0.25) is 0 Å². The molecule has 2 N–H and O–H groups in total. The van der Waals surface area contributed by atoms with Crippen LogP contribution in [0.4, 0.5) is 18.9 Å². The summed E-state index contributed by atoms with van der Waals surface area (Å²) in [4.78, 5) is 0. The lowest BCUT2D eigenvalue weighted by Gasteiger charge is -2.24. The summed E-state index contributed by atoms with van der Waals surface area (Å²) in [5, 5.41) is 11.8. The number of nitrogens with one attached hydrogen (secondary N) is 1. The number of para-hydroxylation sites is 1. The topological polar surface area (TPSA) is 32.3 Å². The largest absolute Gasteiger partial charge is 0.418 e. The summed E-state index contributed by atoms with van der Waals surface area (Å²) < 4.78 is 38.4. The molecule has 1 atom stereocenters. The second-order valence-corrected chi connectivity index (χ2v) is 4.55. The molecule has 2 nitrogen and oxygen atoms in total. The Balaban J connectivity index is 2.96. The van der Waals surface area contributed by atoms with E-state index in [-0.39, 0.29) is 24.3 Å². The highest BCUT2D eigenvalue weighted by molar-refractivity contribution is 5.53. The molecular formula is C13H18F3NO. The van der Waals surface area contributed by atoms with Crippen molar-refractivity contribution in [2.75, 3.05) is 11.9 Å². The van der Waals surface area contributed by atoms with E-state index < -0.39 is 11.7 Å². The third-order valence-electron chi connectivity index (χ3n) is 2.82. The zero-order valence-electron chi connectivity index (χ0n) is 10.5. The first kappa shape index (κ1) is 14.8. The molecule has 102 valence electrons. The van der Waals surface area contributed by atoms with Crippen LogP contribution in [0.5, 0.6) is 0 Å². The van der Waals surface area contributed by atoms with E-state index in [0.29, 0.717) is 6.42 Å². The molecule has 0 aliphatic rings. The highest BCUT2D eigenvalue weighted by atomic mass is 19.4. The summed E-state index contributed by atoms with van der Waals surface area (Å²) in [5.41, 5.74) is -0.606. The summed E-state index contributed by atoms with van der Waals surface area (Å²) in [7, 11) is 0. The summed E-state index contributed by atoms with van der Waals surface area (Å²) in [6.45, 7) is 3.76. The molecule has 0 fully saturated rings. The van der Waals surface area contributed by atoms with Gasteiger partial charge in [0, 0.05) is 18.3 Å². The van der Waals surface area contributed by atoms with Crippen LogP contribution in [0.25, 0.3) is 0 Å². The third-order valence-corrected chi connectivity index (χ3v) is 2.82. The molecule has 0 aliphatic carbocycles. The van der Waals surface area contributed by atoms with Crippen molar-refractivity contribution in [1.29, 1.82) is 0 Å². The Bertz CT molecular complexity index is 377. The van der Waals surface area contributed by atoms with Crippen molar-refractivity contribution in [1.82, 2.24) is 0 Å². The van der Waals surface area contributed by atoms with Crippen molar-refractivity contribution < 1.29 is 18.3 Å². The Hall–Kier alpha value is -1.23. The lowest BCUT2D eigenvalue weighted by atomic mass is 10.00. The van der Waals surface area contributed by atoms with E-state index in [1.54, 1.807) is 6.07 Å². The number of rotatable bonds is 5. The van der Waals surface area contributed by atoms with E-state index in [4.69, 9.17) is 5.11 Å². The van der Waals surface area contributed by atoms with Gasteiger partial charge in [0.1, 0.15) is 0 Å². The van der Waals surface area contributed by atoms with Crippen LogP contribution in [0, 0.1) is 5.92 Å². The zero-order valence-corrected chi connectivity index (χ0v) is 10.5. The molecule has 1 aromatic rings. The van der Waals surface area contributed by atoms with Crippen LogP contribution in [0.2, 0.25) is 0 Å². The van der Waals surface area contributed by atoms with E-state index in [1.807, 2.05) is 13.8 Å². The van der Waals surface area contributed by atoms with Gasteiger partial charge in [0.25, 0.3) is 0 Å². The van der Waals surface area contributed by atoms with Crippen LogP contribution in [-0.4, -0.2) is 17.8 Å². The Morgan fingerprint density at radius 2 is 1.83 bits per heavy atom. The van der Waals surface area contributed by atoms with Gasteiger partial charge >= 0.3 is 6.18 Å². The van der Waals surface area contributed by atoms with Crippen LogP contribution < -0.4 is 5.32 Å². The zero-order chi connectivity index (χ0) is 13.8. The van der Waals surface area contributed by atoms with Crippen LogP contribution >= 0.6 is 0 Å². The fourth-order valence-electron chi connectivity index (χ4n) is 1.77. The molecule has 0 spiro atoms. The predicted molar refractivity (Wildman–Crippen MR) is 65.4 cm³/mol. The maximum atomic E-state index is 12.8. The highest BCUT2D eigenvalue weighted by Crippen LogP contribution is 2.35. The number of halogens is 3. The molecule has 0 aliphatic heterocycles. The molecule has 0 saturated carbocycles. The van der Waals surface area contributed by atoms with Crippen LogP contribution in [0.3, 0.4) is 0 Å². The highest BCUT2D eigenvalue weighted by Gasteiger charge is 2.33. The van der Waals surface area contributed by atoms with Gasteiger partial charge in [-0.25, -0.2) is 0 Å². The number of hydrogen-bond acceptors (Lipinski definition) is 2. The fraction of sp³-hybridized carbons (Fsp3) is 0.538. The molecule has 0 radical (unpaired) electrons. The molecular weight excluding hydrogens is 243 g/mol. The fourth-order valence-corrected chi connectivity index (χ4v) is 1.77. The molecule has 1 aromatic carbocycles. The molecule has 1 unspecified atom stereocenters. The first-order valence-corrected chi connectivity index (χ1v) is 5.90. The standard InChI is InChI=1S/C13H18F3NO/c1-9(2)11(7-8-18)17-12-6-4-3-5-10(12)13(14,15)16/h3-6,9,11,17-18H,7-8H2,1-2H3. The Labute approximate surface area is 105 Å². The normalized spacial score (nSPS) is 13.7. The van der Waals surface area contributed by atoms with Crippen molar-refractivity contribution in [2.24, 2.45) is 5.92 Å². The van der Waals surface area contributed by atoms with E-state index in [0.717, 1.165) is 6.07 Å². The average molecular weight is 261 g/mol. The van der Waals surface area contributed by atoms with Gasteiger partial charge in [-0.1, -0.05) is 26.0 Å². The number of aliphatic hydroxyl groups is 1. The summed E-state index contributed by atoms with van der Waals surface area (Å²) >= 11 is 0. The van der Waals surface area contributed by atoms with E-state index in [1.165, 1.54) is 12.1 Å². The quantitative estimate of drug-likeness (QED) is 0.850. The number of aliphatic hydroxyl groups excluding tert-OH is 1. The van der Waals surface area contributed by atoms with Crippen molar-refractivity contribution in [3.63, 3.8) is 0 Å². The minimum atomic E-state index is -4.37. The Morgan fingerprint density at radius 3 is 2.33 bits per heavy atom. The van der Waals surface area contributed by atoms with Crippen molar-refractivity contribution >= 4 is 5.69 Å². The monoisotopic (exact) mass is 261 g/mol. The average Bonchev–Trinajstić information content (AvgIpc) is 2.27. The number of benzene rings is 1. The maximum Gasteiger partial charge on any atom is 0.418 e. The molecule has 18 heavy (non-hydrogen) atoms. The Morgan fingerprint density at radius 1 is 1.22 bits per heavy atom. The van der Waals surface area contributed by atoms with E-state index in [9.17, 15) is 13.2 Å². The SMILES string of the molecule is CC(C)C(CCO)Nc1ccccc1C(F)(F)F. The smallest absolute Gasteiger partial charge is 0.396 e. The molecule has 1 rings (SSSR count). The predicted octanol–water partition coefficient (Wildman–Crippen LogP) is 3.52. The van der Waals surface area contributed by atoms with Gasteiger partial charge in [-0.15, -0.1) is 0 Å². The van der Waals surface area contributed by atoms with E-state index in [2.05, 4.69) is 5.32 Å². The van der Waals surface area contributed by atoms with Gasteiger partial charge in [0.15, 0.2) is 0 Å². The molecule has 0 bridgehead atoms. The minimum absolute atomic E-state index is 0.0516. The Kier molecular flexibility index (Phi) is 5.02. The van der Waals surface area contributed by atoms with Gasteiger partial charge < -0.3 is 10.4 Å². The second-order valence-electron chi connectivity index (χ2n) is 4.55. The van der Waals surface area contributed by atoms with Gasteiger partial charge in [-0.3, -0.25) is 0 Å². The van der Waals surface area contributed by atoms with Crippen molar-refractivity contribution in [3.05, 3.63) is 29.8 Å². The first-order valence-electron chi connectivity index (χ1n) is 5.90. The first-order chi connectivity index (χ1) is 8.36. The van der Waals surface area contributed by atoms with Crippen LogP contribution in [0.1, 0.15) is 25.8 Å². The minimum Gasteiger partial charge on any atom is -0.396 e. The van der Waals surface area contributed by atoms with Crippen molar-refractivity contribution in [2.45, 2.75) is 32.5 Å². The molecule has 5 heteroatoms. The second kappa shape index (κ2) is 6.09. The van der Waals surface area contributed by atoms with Gasteiger partial charge in [-0.05, 0) is 24.5 Å². The number of alkyl halides is 3. The third kappa shape index (κ3) is 3.91.